The van der Waals surface area contributed by atoms with Crippen LogP contribution in [0.1, 0.15) is 33.1 Å². The Labute approximate surface area is 86.2 Å². The Balaban J connectivity index is 1.75. The van der Waals surface area contributed by atoms with Crippen LogP contribution in [-0.4, -0.2) is 31.6 Å². The van der Waals surface area contributed by atoms with Crippen LogP contribution >= 0.6 is 0 Å². The minimum absolute atomic E-state index is 0.163. The predicted octanol–water partition coefficient (Wildman–Crippen LogP) is 1.53. The van der Waals surface area contributed by atoms with Crippen molar-refractivity contribution in [3.8, 4) is 0 Å². The number of hydrogen-bond acceptors (Lipinski definition) is 3. The van der Waals surface area contributed by atoms with Crippen molar-refractivity contribution < 1.29 is 9.47 Å². The van der Waals surface area contributed by atoms with Gasteiger partial charge in [-0.2, -0.15) is 0 Å². The van der Waals surface area contributed by atoms with Crippen LogP contribution in [0, 0.1) is 5.92 Å². The lowest BCUT2D eigenvalue weighted by Crippen LogP contribution is -2.40. The Hall–Kier alpha value is -0.120. The molecule has 1 N–H and O–H groups in total. The molecule has 0 aliphatic carbocycles. The van der Waals surface area contributed by atoms with Crippen molar-refractivity contribution in [2.45, 2.75) is 44.9 Å². The van der Waals surface area contributed by atoms with Crippen LogP contribution < -0.4 is 5.32 Å². The molecule has 14 heavy (non-hydrogen) atoms. The largest absolute Gasteiger partial charge is 0.381 e. The Morgan fingerprint density at radius 2 is 2.00 bits per heavy atom. The SMILES string of the molecule is CC1(C)COC(CC2CCOCC2)N1. The molecule has 3 heteroatoms. The fourth-order valence-corrected chi connectivity index (χ4v) is 2.24. The monoisotopic (exact) mass is 199 g/mol. The second-order valence-electron chi connectivity index (χ2n) is 5.12. The average Bonchev–Trinajstić information content (AvgIpc) is 2.47. The van der Waals surface area contributed by atoms with E-state index in [2.05, 4.69) is 19.2 Å². The van der Waals surface area contributed by atoms with Crippen molar-refractivity contribution in [2.24, 2.45) is 5.92 Å². The highest BCUT2D eigenvalue weighted by molar-refractivity contribution is 4.85. The number of rotatable bonds is 2. The molecular weight excluding hydrogens is 178 g/mol. The molecule has 2 fully saturated rings. The number of hydrogen-bond donors (Lipinski definition) is 1. The van der Waals surface area contributed by atoms with E-state index in [0.717, 1.165) is 32.2 Å². The molecule has 0 aromatic carbocycles. The second-order valence-corrected chi connectivity index (χ2v) is 5.12. The van der Waals surface area contributed by atoms with Gasteiger partial charge in [0.1, 0.15) is 6.23 Å². The van der Waals surface area contributed by atoms with E-state index in [0.29, 0.717) is 0 Å². The fourth-order valence-electron chi connectivity index (χ4n) is 2.24. The van der Waals surface area contributed by atoms with E-state index in [4.69, 9.17) is 9.47 Å². The molecule has 2 aliphatic rings. The first-order valence-electron chi connectivity index (χ1n) is 5.63. The first-order valence-corrected chi connectivity index (χ1v) is 5.63. The van der Waals surface area contributed by atoms with Crippen LogP contribution in [0.15, 0.2) is 0 Å². The molecule has 1 atom stereocenters. The van der Waals surface area contributed by atoms with Crippen LogP contribution in [-0.2, 0) is 9.47 Å². The molecule has 0 spiro atoms. The topological polar surface area (TPSA) is 30.5 Å². The Bertz CT molecular complexity index is 188. The smallest absolute Gasteiger partial charge is 0.108 e. The van der Waals surface area contributed by atoms with E-state index >= 15 is 0 Å². The molecule has 2 heterocycles. The Kier molecular flexibility index (Phi) is 3.10. The van der Waals surface area contributed by atoms with Crippen LogP contribution in [0.25, 0.3) is 0 Å². The third-order valence-electron chi connectivity index (χ3n) is 3.09. The van der Waals surface area contributed by atoms with E-state index < -0.39 is 0 Å². The second kappa shape index (κ2) is 4.17. The lowest BCUT2D eigenvalue weighted by Gasteiger charge is -2.25. The van der Waals surface area contributed by atoms with Crippen molar-refractivity contribution in [3.05, 3.63) is 0 Å². The van der Waals surface area contributed by atoms with Gasteiger partial charge >= 0.3 is 0 Å². The minimum atomic E-state index is 0.163. The summed E-state index contributed by atoms with van der Waals surface area (Å²) in [6, 6.07) is 0. The van der Waals surface area contributed by atoms with Gasteiger partial charge < -0.3 is 9.47 Å². The standard InChI is InChI=1S/C11H21NO2/c1-11(2)8-14-10(12-11)7-9-3-5-13-6-4-9/h9-10,12H,3-8H2,1-2H3. The molecule has 2 aliphatic heterocycles. The molecule has 2 rings (SSSR count). The third kappa shape index (κ3) is 2.69. The summed E-state index contributed by atoms with van der Waals surface area (Å²) < 4.78 is 11.1. The molecule has 0 bridgehead atoms. The number of ether oxygens (including phenoxy) is 2. The molecule has 3 nitrogen and oxygen atoms in total. The summed E-state index contributed by atoms with van der Waals surface area (Å²) in [5.74, 6) is 0.787. The number of nitrogens with one attached hydrogen (secondary N) is 1. The van der Waals surface area contributed by atoms with Crippen LogP contribution in [0.5, 0.6) is 0 Å². The molecule has 82 valence electrons. The van der Waals surface area contributed by atoms with E-state index in [1.165, 1.54) is 12.8 Å². The Morgan fingerprint density at radius 1 is 1.29 bits per heavy atom. The zero-order valence-corrected chi connectivity index (χ0v) is 9.21. The molecule has 0 aromatic heterocycles. The van der Waals surface area contributed by atoms with Crippen molar-refractivity contribution >= 4 is 0 Å². The molecule has 0 radical (unpaired) electrons. The molecular formula is C11H21NO2. The molecule has 2 saturated heterocycles. The molecule has 0 aromatic rings. The van der Waals surface area contributed by atoms with Crippen LogP contribution in [0.2, 0.25) is 0 Å². The molecule has 0 amide bonds. The summed E-state index contributed by atoms with van der Waals surface area (Å²) >= 11 is 0. The first kappa shape index (κ1) is 10.4. The zero-order chi connectivity index (χ0) is 10.0. The average molecular weight is 199 g/mol. The van der Waals surface area contributed by atoms with E-state index in [1.54, 1.807) is 0 Å². The Morgan fingerprint density at radius 3 is 2.57 bits per heavy atom. The van der Waals surface area contributed by atoms with E-state index in [-0.39, 0.29) is 11.8 Å². The normalized spacial score (nSPS) is 33.4. The van der Waals surface area contributed by atoms with Crippen molar-refractivity contribution in [3.63, 3.8) is 0 Å². The maximum absolute atomic E-state index is 5.72. The van der Waals surface area contributed by atoms with Gasteiger partial charge in [0.15, 0.2) is 0 Å². The van der Waals surface area contributed by atoms with E-state index in [1.807, 2.05) is 0 Å². The van der Waals surface area contributed by atoms with Gasteiger partial charge in [0.25, 0.3) is 0 Å². The van der Waals surface area contributed by atoms with Gasteiger partial charge in [-0.1, -0.05) is 0 Å². The molecule has 1 unspecified atom stereocenters. The summed E-state index contributed by atoms with van der Waals surface area (Å²) in [6.45, 7) is 7.08. The van der Waals surface area contributed by atoms with Gasteiger partial charge in [-0.3, -0.25) is 5.32 Å². The highest BCUT2D eigenvalue weighted by atomic mass is 16.5. The zero-order valence-electron chi connectivity index (χ0n) is 9.21. The lowest BCUT2D eigenvalue weighted by molar-refractivity contribution is 0.0291. The van der Waals surface area contributed by atoms with Crippen molar-refractivity contribution in [1.82, 2.24) is 5.32 Å². The summed E-state index contributed by atoms with van der Waals surface area (Å²) in [6.07, 6.45) is 3.81. The minimum Gasteiger partial charge on any atom is -0.381 e. The summed E-state index contributed by atoms with van der Waals surface area (Å²) in [7, 11) is 0. The van der Waals surface area contributed by atoms with Gasteiger partial charge in [-0.05, 0) is 39.0 Å². The summed E-state index contributed by atoms with van der Waals surface area (Å²) in [5, 5.41) is 3.51. The summed E-state index contributed by atoms with van der Waals surface area (Å²) in [4.78, 5) is 0. The third-order valence-corrected chi connectivity index (χ3v) is 3.09. The quantitative estimate of drug-likeness (QED) is 0.731. The predicted molar refractivity (Wildman–Crippen MR) is 55.1 cm³/mol. The fraction of sp³-hybridized carbons (Fsp3) is 1.00. The maximum atomic E-state index is 5.72. The van der Waals surface area contributed by atoms with Crippen LogP contribution in [0.4, 0.5) is 0 Å². The highest BCUT2D eigenvalue weighted by Crippen LogP contribution is 2.24. The summed E-state index contributed by atoms with van der Waals surface area (Å²) in [5.41, 5.74) is 0.163. The molecule has 0 saturated carbocycles. The van der Waals surface area contributed by atoms with Gasteiger partial charge in [0.05, 0.1) is 6.61 Å². The maximum Gasteiger partial charge on any atom is 0.108 e. The lowest BCUT2D eigenvalue weighted by atomic mass is 9.95. The highest BCUT2D eigenvalue weighted by Gasteiger charge is 2.32. The van der Waals surface area contributed by atoms with Crippen molar-refractivity contribution in [2.75, 3.05) is 19.8 Å². The van der Waals surface area contributed by atoms with Crippen molar-refractivity contribution in [1.29, 1.82) is 0 Å². The van der Waals surface area contributed by atoms with Gasteiger partial charge in [0, 0.05) is 18.8 Å². The van der Waals surface area contributed by atoms with Gasteiger partial charge in [0.2, 0.25) is 0 Å². The first-order chi connectivity index (χ1) is 6.66. The van der Waals surface area contributed by atoms with Crippen LogP contribution in [0.3, 0.4) is 0 Å². The van der Waals surface area contributed by atoms with E-state index in [9.17, 15) is 0 Å². The van der Waals surface area contributed by atoms with Gasteiger partial charge in [-0.15, -0.1) is 0 Å². The van der Waals surface area contributed by atoms with Gasteiger partial charge in [-0.25, -0.2) is 0 Å².